The molecule has 6 nitrogen and oxygen atoms in total. The summed E-state index contributed by atoms with van der Waals surface area (Å²) in [7, 11) is 0. The fourth-order valence-corrected chi connectivity index (χ4v) is 3.02. The molecule has 142 valence electrons. The number of hydrogen-bond acceptors (Lipinski definition) is 3. The molecule has 0 aliphatic rings. The molecule has 0 radical (unpaired) electrons. The van der Waals surface area contributed by atoms with E-state index in [4.69, 9.17) is 34.8 Å². The number of rotatable bonds is 6. The smallest absolute Gasteiger partial charge is 0.227 e. The van der Waals surface area contributed by atoms with Gasteiger partial charge in [-0.25, -0.2) is 4.39 Å². The van der Waals surface area contributed by atoms with E-state index in [0.717, 1.165) is 5.69 Å². The molecule has 3 aromatic rings. The summed E-state index contributed by atoms with van der Waals surface area (Å²) in [5, 5.41) is 12.0. The summed E-state index contributed by atoms with van der Waals surface area (Å²) in [6, 6.07) is 4.44. The average molecular weight is 431 g/mol. The van der Waals surface area contributed by atoms with Crippen LogP contribution >= 0.6 is 34.8 Å². The van der Waals surface area contributed by atoms with Gasteiger partial charge >= 0.3 is 0 Å². The Kier molecular flexibility index (Phi) is 6.04. The lowest BCUT2D eigenvalue weighted by Crippen LogP contribution is -2.16. The lowest BCUT2D eigenvalue weighted by atomic mass is 10.2. The molecule has 2 heterocycles. The third-order valence-corrected chi connectivity index (χ3v) is 4.95. The van der Waals surface area contributed by atoms with Crippen molar-refractivity contribution in [1.29, 1.82) is 0 Å². The number of halogens is 4. The van der Waals surface area contributed by atoms with E-state index < -0.39 is 5.82 Å². The van der Waals surface area contributed by atoms with E-state index in [0.29, 0.717) is 22.2 Å². The molecule has 1 N–H and O–H groups in total. The van der Waals surface area contributed by atoms with Gasteiger partial charge in [0.2, 0.25) is 5.91 Å². The number of benzene rings is 1. The number of amides is 1. The second kappa shape index (κ2) is 8.29. The summed E-state index contributed by atoms with van der Waals surface area (Å²) in [5.41, 5.74) is 1.08. The van der Waals surface area contributed by atoms with Crippen LogP contribution in [0.2, 0.25) is 15.1 Å². The van der Waals surface area contributed by atoms with Crippen LogP contribution in [-0.4, -0.2) is 25.5 Å². The van der Waals surface area contributed by atoms with E-state index in [-0.39, 0.29) is 29.7 Å². The third-order valence-electron chi connectivity index (χ3n) is 3.95. The van der Waals surface area contributed by atoms with Crippen LogP contribution in [0.15, 0.2) is 30.6 Å². The molecule has 0 atom stereocenters. The predicted molar refractivity (Wildman–Crippen MR) is 103 cm³/mol. The topological polar surface area (TPSA) is 64.7 Å². The van der Waals surface area contributed by atoms with Crippen molar-refractivity contribution in [3.8, 4) is 0 Å². The first-order valence-corrected chi connectivity index (χ1v) is 9.12. The summed E-state index contributed by atoms with van der Waals surface area (Å²) in [6.45, 7) is 2.28. The highest BCUT2D eigenvalue weighted by atomic mass is 35.5. The standard InChI is InChI=1S/C17H15Cl3FN5O/c1-10-13(19)7-22-26(10)6-5-16(27)23-17-14(20)9-25(24-17)8-11-12(18)3-2-4-15(11)21/h2-4,7,9H,5-6,8H2,1H3,(H,23,24,27). The Morgan fingerprint density at radius 2 is 2.00 bits per heavy atom. The lowest BCUT2D eigenvalue weighted by molar-refractivity contribution is -0.116. The fraction of sp³-hybridized carbons (Fsp3) is 0.235. The zero-order chi connectivity index (χ0) is 19.6. The van der Waals surface area contributed by atoms with Gasteiger partial charge in [0, 0.05) is 23.2 Å². The van der Waals surface area contributed by atoms with Crippen LogP contribution in [0.3, 0.4) is 0 Å². The van der Waals surface area contributed by atoms with E-state index in [1.54, 1.807) is 10.7 Å². The quantitative estimate of drug-likeness (QED) is 0.623. The Morgan fingerprint density at radius 3 is 2.67 bits per heavy atom. The van der Waals surface area contributed by atoms with Gasteiger partial charge in [0.15, 0.2) is 5.82 Å². The summed E-state index contributed by atoms with van der Waals surface area (Å²) in [6.07, 6.45) is 3.19. The molecule has 0 spiro atoms. The maximum atomic E-state index is 13.9. The van der Waals surface area contributed by atoms with E-state index in [1.807, 2.05) is 6.92 Å². The summed E-state index contributed by atoms with van der Waals surface area (Å²) < 4.78 is 17.0. The number of aromatic nitrogens is 4. The maximum absolute atomic E-state index is 13.9. The second-order valence-electron chi connectivity index (χ2n) is 5.82. The van der Waals surface area contributed by atoms with E-state index in [1.165, 1.54) is 29.2 Å². The van der Waals surface area contributed by atoms with Crippen LogP contribution in [0, 0.1) is 12.7 Å². The van der Waals surface area contributed by atoms with Crippen molar-refractivity contribution < 1.29 is 9.18 Å². The number of nitrogens with zero attached hydrogens (tertiary/aromatic N) is 4. The largest absolute Gasteiger partial charge is 0.308 e. The van der Waals surface area contributed by atoms with Gasteiger partial charge in [0.1, 0.15) is 10.8 Å². The van der Waals surface area contributed by atoms with Gasteiger partial charge in [-0.1, -0.05) is 40.9 Å². The molecule has 1 amide bonds. The average Bonchev–Trinajstić information content (AvgIpc) is 3.12. The molecule has 27 heavy (non-hydrogen) atoms. The Bertz CT molecular complexity index is 965. The SMILES string of the molecule is Cc1c(Cl)cnn1CCC(=O)Nc1nn(Cc2c(F)cccc2Cl)cc1Cl. The molecule has 0 saturated carbocycles. The fourth-order valence-electron chi connectivity index (χ4n) is 2.46. The Morgan fingerprint density at radius 1 is 1.22 bits per heavy atom. The van der Waals surface area contributed by atoms with Crippen LogP contribution in [-0.2, 0) is 17.9 Å². The molecule has 0 aliphatic carbocycles. The zero-order valence-corrected chi connectivity index (χ0v) is 16.5. The highest BCUT2D eigenvalue weighted by Crippen LogP contribution is 2.24. The molecule has 0 fully saturated rings. The van der Waals surface area contributed by atoms with Crippen molar-refractivity contribution in [2.45, 2.75) is 26.4 Å². The summed E-state index contributed by atoms with van der Waals surface area (Å²) in [4.78, 5) is 12.2. The van der Waals surface area contributed by atoms with E-state index >= 15 is 0 Å². The maximum Gasteiger partial charge on any atom is 0.227 e. The van der Waals surface area contributed by atoms with Gasteiger partial charge in [-0.05, 0) is 19.1 Å². The van der Waals surface area contributed by atoms with Crippen molar-refractivity contribution in [3.05, 3.63) is 62.7 Å². The number of hydrogen-bond donors (Lipinski definition) is 1. The lowest BCUT2D eigenvalue weighted by Gasteiger charge is -2.06. The second-order valence-corrected chi connectivity index (χ2v) is 7.04. The molecule has 0 unspecified atom stereocenters. The molecule has 0 aliphatic heterocycles. The van der Waals surface area contributed by atoms with Crippen LogP contribution < -0.4 is 5.32 Å². The van der Waals surface area contributed by atoms with Crippen molar-refractivity contribution in [1.82, 2.24) is 19.6 Å². The molecular weight excluding hydrogens is 416 g/mol. The Hall–Kier alpha value is -2.09. The molecule has 10 heteroatoms. The summed E-state index contributed by atoms with van der Waals surface area (Å²) in [5.74, 6) is -0.519. The van der Waals surface area contributed by atoms with Gasteiger partial charge in [-0.2, -0.15) is 10.2 Å². The van der Waals surface area contributed by atoms with Crippen molar-refractivity contribution in [3.63, 3.8) is 0 Å². The summed E-state index contributed by atoms with van der Waals surface area (Å²) >= 11 is 18.1. The molecule has 2 aromatic heterocycles. The number of carbonyl (C=O) groups excluding carboxylic acids is 1. The first-order chi connectivity index (χ1) is 12.8. The van der Waals surface area contributed by atoms with Crippen LogP contribution in [0.5, 0.6) is 0 Å². The molecule has 0 bridgehead atoms. The number of nitrogens with one attached hydrogen (secondary N) is 1. The first kappa shape index (κ1) is 19.7. The van der Waals surface area contributed by atoms with Crippen molar-refractivity contribution >= 4 is 46.5 Å². The molecule has 3 rings (SSSR count). The monoisotopic (exact) mass is 429 g/mol. The van der Waals surface area contributed by atoms with Crippen LogP contribution in [0.4, 0.5) is 10.2 Å². The normalized spacial score (nSPS) is 11.0. The van der Waals surface area contributed by atoms with Gasteiger partial charge in [-0.3, -0.25) is 14.2 Å². The number of carbonyl (C=O) groups is 1. The minimum atomic E-state index is -0.437. The van der Waals surface area contributed by atoms with E-state index in [2.05, 4.69) is 15.5 Å². The number of aryl methyl sites for hydroxylation is 1. The van der Waals surface area contributed by atoms with Crippen LogP contribution in [0.1, 0.15) is 17.7 Å². The number of anilines is 1. The van der Waals surface area contributed by atoms with Crippen molar-refractivity contribution in [2.75, 3.05) is 5.32 Å². The minimum Gasteiger partial charge on any atom is -0.308 e. The minimum absolute atomic E-state index is 0.0894. The Labute approximate surface area is 169 Å². The third kappa shape index (κ3) is 4.61. The predicted octanol–water partition coefficient (Wildman–Crippen LogP) is 4.56. The van der Waals surface area contributed by atoms with Gasteiger partial charge < -0.3 is 5.32 Å². The molecular formula is C17H15Cl3FN5O. The van der Waals surface area contributed by atoms with Crippen LogP contribution in [0.25, 0.3) is 0 Å². The zero-order valence-electron chi connectivity index (χ0n) is 14.2. The van der Waals surface area contributed by atoms with Crippen molar-refractivity contribution in [2.24, 2.45) is 0 Å². The highest BCUT2D eigenvalue weighted by Gasteiger charge is 2.14. The van der Waals surface area contributed by atoms with Gasteiger partial charge in [0.05, 0.1) is 30.0 Å². The first-order valence-electron chi connectivity index (χ1n) is 7.98. The van der Waals surface area contributed by atoms with Gasteiger partial charge in [0.25, 0.3) is 0 Å². The molecule has 1 aromatic carbocycles. The Balaban J connectivity index is 1.64. The van der Waals surface area contributed by atoms with Gasteiger partial charge in [-0.15, -0.1) is 0 Å². The highest BCUT2D eigenvalue weighted by molar-refractivity contribution is 6.33. The van der Waals surface area contributed by atoms with E-state index in [9.17, 15) is 9.18 Å². The molecule has 0 saturated heterocycles.